The second-order valence-electron chi connectivity index (χ2n) is 6.69. The minimum absolute atomic E-state index is 0.171. The molecular weight excluding hydrogens is 316 g/mol. The van der Waals surface area contributed by atoms with E-state index in [-0.39, 0.29) is 12.6 Å². The van der Waals surface area contributed by atoms with E-state index in [1.165, 1.54) is 5.56 Å². The Hall–Kier alpha value is -2.34. The summed E-state index contributed by atoms with van der Waals surface area (Å²) >= 11 is 0. The molecule has 2 aromatic rings. The predicted molar refractivity (Wildman–Crippen MR) is 97.3 cm³/mol. The number of aliphatic hydroxyl groups is 1. The van der Waals surface area contributed by atoms with E-state index in [9.17, 15) is 5.11 Å². The molecule has 2 aliphatic heterocycles. The highest BCUT2D eigenvalue weighted by atomic mass is 16.5. The van der Waals surface area contributed by atoms with E-state index in [2.05, 4.69) is 32.3 Å². The molecule has 0 spiro atoms. The van der Waals surface area contributed by atoms with Crippen molar-refractivity contribution < 1.29 is 9.84 Å². The molecule has 0 aliphatic carbocycles. The van der Waals surface area contributed by atoms with E-state index < -0.39 is 0 Å². The van der Waals surface area contributed by atoms with Crippen LogP contribution in [0.2, 0.25) is 0 Å². The molecular formula is C19H24N4O2. The van der Waals surface area contributed by atoms with Gasteiger partial charge in [-0.05, 0) is 30.9 Å². The van der Waals surface area contributed by atoms with Crippen LogP contribution in [0.4, 0.5) is 11.6 Å². The van der Waals surface area contributed by atoms with Gasteiger partial charge in [0, 0.05) is 25.1 Å². The van der Waals surface area contributed by atoms with Crippen LogP contribution in [-0.4, -0.2) is 47.4 Å². The second-order valence-corrected chi connectivity index (χ2v) is 6.69. The summed E-state index contributed by atoms with van der Waals surface area (Å²) < 4.78 is 5.73. The van der Waals surface area contributed by atoms with Crippen molar-refractivity contribution in [1.82, 2.24) is 9.97 Å². The molecule has 2 unspecified atom stereocenters. The van der Waals surface area contributed by atoms with Gasteiger partial charge in [-0.15, -0.1) is 0 Å². The van der Waals surface area contributed by atoms with Crippen LogP contribution in [-0.2, 0) is 0 Å². The first-order valence-electron chi connectivity index (χ1n) is 9.00. The lowest BCUT2D eigenvalue weighted by molar-refractivity contribution is 0.266. The molecule has 1 fully saturated rings. The third kappa shape index (κ3) is 3.39. The highest BCUT2D eigenvalue weighted by Crippen LogP contribution is 2.33. The molecule has 0 radical (unpaired) electrons. The number of ether oxygens (including phenoxy) is 1. The van der Waals surface area contributed by atoms with Crippen LogP contribution in [0.5, 0.6) is 5.75 Å². The van der Waals surface area contributed by atoms with Crippen LogP contribution in [0.3, 0.4) is 0 Å². The largest absolute Gasteiger partial charge is 0.493 e. The van der Waals surface area contributed by atoms with Crippen LogP contribution in [0, 0.1) is 0 Å². The fourth-order valence-corrected chi connectivity index (χ4v) is 3.78. The van der Waals surface area contributed by atoms with Crippen LogP contribution in [0.15, 0.2) is 36.7 Å². The molecule has 2 aliphatic rings. The van der Waals surface area contributed by atoms with Gasteiger partial charge in [-0.1, -0.05) is 18.2 Å². The van der Waals surface area contributed by atoms with E-state index in [1.807, 2.05) is 18.2 Å². The zero-order valence-electron chi connectivity index (χ0n) is 14.3. The number of hydrogen-bond acceptors (Lipinski definition) is 6. The lowest BCUT2D eigenvalue weighted by atomic mass is 9.93. The number of nitrogens with one attached hydrogen (secondary N) is 1. The van der Waals surface area contributed by atoms with E-state index in [0.717, 1.165) is 56.3 Å². The standard InChI is InChI=1S/C19H24N4O2/c24-12-15-4-3-8-23(15)19-10-18(21-13-22-19)20-11-14-7-9-25-17-6-2-1-5-16(14)17/h1-2,5-6,10,13-15,24H,3-4,7-9,11-12H2,(H,20,21,22). The molecule has 1 aromatic carbocycles. The van der Waals surface area contributed by atoms with E-state index in [1.54, 1.807) is 6.33 Å². The topological polar surface area (TPSA) is 70.5 Å². The molecule has 2 N–H and O–H groups in total. The second kappa shape index (κ2) is 7.27. The first kappa shape index (κ1) is 16.1. The molecule has 6 heteroatoms. The minimum Gasteiger partial charge on any atom is -0.493 e. The summed E-state index contributed by atoms with van der Waals surface area (Å²) in [5.74, 6) is 3.13. The molecule has 1 aromatic heterocycles. The summed E-state index contributed by atoms with van der Waals surface area (Å²) in [5, 5.41) is 13.0. The lowest BCUT2D eigenvalue weighted by Gasteiger charge is -2.27. The molecule has 132 valence electrons. The summed E-state index contributed by atoms with van der Waals surface area (Å²) in [6.45, 7) is 2.69. The van der Waals surface area contributed by atoms with Crippen LogP contribution in [0.1, 0.15) is 30.7 Å². The summed E-state index contributed by atoms with van der Waals surface area (Å²) in [4.78, 5) is 10.9. The van der Waals surface area contributed by atoms with Crippen molar-refractivity contribution in [2.24, 2.45) is 0 Å². The number of benzene rings is 1. The van der Waals surface area contributed by atoms with Crippen molar-refractivity contribution in [2.75, 3.05) is 36.5 Å². The Morgan fingerprint density at radius 2 is 2.16 bits per heavy atom. The van der Waals surface area contributed by atoms with Gasteiger partial charge < -0.3 is 20.1 Å². The number of anilines is 2. The van der Waals surface area contributed by atoms with Gasteiger partial charge >= 0.3 is 0 Å². The van der Waals surface area contributed by atoms with Gasteiger partial charge in [0.25, 0.3) is 0 Å². The summed E-state index contributed by atoms with van der Waals surface area (Å²) in [6.07, 6.45) is 4.71. The number of aliphatic hydroxyl groups excluding tert-OH is 1. The van der Waals surface area contributed by atoms with Crippen molar-refractivity contribution in [3.8, 4) is 5.75 Å². The maximum absolute atomic E-state index is 9.52. The van der Waals surface area contributed by atoms with Crippen molar-refractivity contribution in [3.05, 3.63) is 42.2 Å². The minimum atomic E-state index is 0.171. The average Bonchev–Trinajstić information content (AvgIpc) is 3.15. The van der Waals surface area contributed by atoms with Crippen LogP contribution < -0.4 is 15.0 Å². The molecule has 4 rings (SSSR count). The third-order valence-electron chi connectivity index (χ3n) is 5.15. The van der Waals surface area contributed by atoms with Crippen molar-refractivity contribution in [1.29, 1.82) is 0 Å². The number of nitrogens with zero attached hydrogens (tertiary/aromatic N) is 3. The van der Waals surface area contributed by atoms with Gasteiger partial charge in [-0.3, -0.25) is 0 Å². The van der Waals surface area contributed by atoms with Gasteiger partial charge in [0.15, 0.2) is 0 Å². The van der Waals surface area contributed by atoms with Gasteiger partial charge in [0.1, 0.15) is 23.7 Å². The molecule has 2 atom stereocenters. The first-order chi connectivity index (χ1) is 12.3. The molecule has 0 amide bonds. The normalized spacial score (nSPS) is 22.4. The first-order valence-corrected chi connectivity index (χ1v) is 9.00. The number of aromatic nitrogens is 2. The Kier molecular flexibility index (Phi) is 4.70. The van der Waals surface area contributed by atoms with E-state index >= 15 is 0 Å². The Morgan fingerprint density at radius 3 is 3.08 bits per heavy atom. The molecule has 6 nitrogen and oxygen atoms in total. The van der Waals surface area contributed by atoms with Crippen LogP contribution in [0.25, 0.3) is 0 Å². The summed E-state index contributed by atoms with van der Waals surface area (Å²) in [7, 11) is 0. The van der Waals surface area contributed by atoms with Crippen molar-refractivity contribution in [3.63, 3.8) is 0 Å². The number of fused-ring (bicyclic) bond motifs is 1. The zero-order chi connectivity index (χ0) is 17.1. The number of para-hydroxylation sites is 1. The summed E-state index contributed by atoms with van der Waals surface area (Å²) in [6, 6.07) is 10.4. The molecule has 3 heterocycles. The highest BCUT2D eigenvalue weighted by molar-refractivity contribution is 5.50. The van der Waals surface area contributed by atoms with Gasteiger partial charge in [-0.2, -0.15) is 0 Å². The lowest BCUT2D eigenvalue weighted by Crippen LogP contribution is -2.32. The highest BCUT2D eigenvalue weighted by Gasteiger charge is 2.25. The average molecular weight is 340 g/mol. The van der Waals surface area contributed by atoms with Gasteiger partial charge in [0.2, 0.25) is 0 Å². The smallest absolute Gasteiger partial charge is 0.134 e. The quantitative estimate of drug-likeness (QED) is 0.871. The van der Waals surface area contributed by atoms with Gasteiger partial charge in [-0.25, -0.2) is 9.97 Å². The molecule has 1 saturated heterocycles. The summed E-state index contributed by atoms with van der Waals surface area (Å²) in [5.41, 5.74) is 1.26. The van der Waals surface area contributed by atoms with E-state index in [0.29, 0.717) is 5.92 Å². The predicted octanol–water partition coefficient (Wildman–Crippen LogP) is 2.42. The molecule has 0 bridgehead atoms. The molecule has 25 heavy (non-hydrogen) atoms. The zero-order valence-corrected chi connectivity index (χ0v) is 14.3. The Balaban J connectivity index is 1.45. The Morgan fingerprint density at radius 1 is 1.24 bits per heavy atom. The number of hydrogen-bond donors (Lipinski definition) is 2. The van der Waals surface area contributed by atoms with Crippen molar-refractivity contribution >= 4 is 11.6 Å². The maximum atomic E-state index is 9.52. The fourth-order valence-electron chi connectivity index (χ4n) is 3.78. The SMILES string of the molecule is OCC1CCCN1c1cc(NCC2CCOc3ccccc32)ncn1. The maximum Gasteiger partial charge on any atom is 0.134 e. The van der Waals surface area contributed by atoms with Gasteiger partial charge in [0.05, 0.1) is 19.3 Å². The van der Waals surface area contributed by atoms with Crippen LogP contribution >= 0.6 is 0 Å². The fraction of sp³-hybridized carbons (Fsp3) is 0.474. The number of rotatable bonds is 5. The third-order valence-corrected chi connectivity index (χ3v) is 5.15. The van der Waals surface area contributed by atoms with E-state index in [4.69, 9.17) is 4.74 Å². The van der Waals surface area contributed by atoms with Crippen molar-refractivity contribution in [2.45, 2.75) is 31.2 Å². The monoisotopic (exact) mass is 340 g/mol. The Bertz CT molecular complexity index is 724. The Labute approximate surface area is 147 Å². The molecule has 0 saturated carbocycles.